The second kappa shape index (κ2) is 4.34. The van der Waals surface area contributed by atoms with Crippen molar-refractivity contribution < 1.29 is 5.11 Å². The number of hydrogen-bond donors (Lipinski definition) is 2. The maximum atomic E-state index is 9.90. The van der Waals surface area contributed by atoms with E-state index in [0.717, 1.165) is 24.3 Å². The zero-order valence-corrected chi connectivity index (χ0v) is 9.98. The summed E-state index contributed by atoms with van der Waals surface area (Å²) in [6, 6.07) is 5.95. The highest BCUT2D eigenvalue weighted by molar-refractivity contribution is 5.61. The van der Waals surface area contributed by atoms with E-state index in [1.54, 1.807) is 0 Å². The fourth-order valence-corrected chi connectivity index (χ4v) is 2.23. The molecule has 88 valence electrons. The topological polar surface area (TPSA) is 49.5 Å². The van der Waals surface area contributed by atoms with Gasteiger partial charge in [0.1, 0.15) is 0 Å². The van der Waals surface area contributed by atoms with Crippen molar-refractivity contribution >= 4 is 11.4 Å². The zero-order valence-electron chi connectivity index (χ0n) is 9.98. The van der Waals surface area contributed by atoms with Gasteiger partial charge in [0.05, 0.1) is 6.10 Å². The first-order valence-electron chi connectivity index (χ1n) is 5.87. The molecule has 2 unspecified atom stereocenters. The number of nitrogen functional groups attached to an aromatic ring is 1. The third-order valence-corrected chi connectivity index (χ3v) is 3.49. The second-order valence-corrected chi connectivity index (χ2v) is 4.83. The van der Waals surface area contributed by atoms with Crippen LogP contribution in [0.25, 0.3) is 0 Å². The first-order valence-corrected chi connectivity index (χ1v) is 5.87. The summed E-state index contributed by atoms with van der Waals surface area (Å²) in [6.07, 6.45) is 0.810. The molecular formula is C13H20N2O. The van der Waals surface area contributed by atoms with Crippen LogP contribution in [0.4, 0.5) is 11.4 Å². The molecule has 1 aromatic carbocycles. The van der Waals surface area contributed by atoms with Gasteiger partial charge in [-0.2, -0.15) is 0 Å². The van der Waals surface area contributed by atoms with Crippen molar-refractivity contribution in [3.63, 3.8) is 0 Å². The molecule has 1 aromatic rings. The zero-order chi connectivity index (χ0) is 11.7. The second-order valence-electron chi connectivity index (χ2n) is 4.83. The van der Waals surface area contributed by atoms with Crippen molar-refractivity contribution in [1.29, 1.82) is 0 Å². The molecule has 0 radical (unpaired) electrons. The highest BCUT2D eigenvalue weighted by Crippen LogP contribution is 2.27. The molecule has 3 N–H and O–H groups in total. The number of nitrogens with two attached hydrogens (primary N) is 1. The van der Waals surface area contributed by atoms with E-state index in [2.05, 4.69) is 18.7 Å². The summed E-state index contributed by atoms with van der Waals surface area (Å²) in [5, 5.41) is 9.90. The minimum Gasteiger partial charge on any atom is -0.399 e. The lowest BCUT2D eigenvalue weighted by atomic mass is 9.95. The Balaban J connectivity index is 2.21. The number of benzene rings is 1. The molecule has 2 atom stereocenters. The number of hydrogen-bond acceptors (Lipinski definition) is 3. The van der Waals surface area contributed by atoms with Crippen LogP contribution in [0, 0.1) is 12.8 Å². The summed E-state index contributed by atoms with van der Waals surface area (Å²) in [5.74, 6) is 0.401. The lowest BCUT2D eigenvalue weighted by molar-refractivity contribution is 0.103. The lowest BCUT2D eigenvalue weighted by Crippen LogP contribution is -2.43. The first-order chi connectivity index (χ1) is 7.58. The van der Waals surface area contributed by atoms with Gasteiger partial charge in [-0.25, -0.2) is 0 Å². The van der Waals surface area contributed by atoms with Crippen LogP contribution in [0.3, 0.4) is 0 Å². The third-order valence-electron chi connectivity index (χ3n) is 3.49. The number of piperidine rings is 1. The Kier molecular flexibility index (Phi) is 3.06. The van der Waals surface area contributed by atoms with E-state index in [4.69, 9.17) is 5.73 Å². The largest absolute Gasteiger partial charge is 0.399 e. The summed E-state index contributed by atoms with van der Waals surface area (Å²) in [6.45, 7) is 5.90. The van der Waals surface area contributed by atoms with Crippen LogP contribution in [0.15, 0.2) is 18.2 Å². The Bertz CT molecular complexity index is 378. The third kappa shape index (κ3) is 2.14. The smallest absolute Gasteiger partial charge is 0.0741 e. The van der Waals surface area contributed by atoms with E-state index in [1.807, 2.05) is 18.2 Å². The monoisotopic (exact) mass is 220 g/mol. The molecule has 3 heteroatoms. The Morgan fingerprint density at radius 3 is 2.88 bits per heavy atom. The van der Waals surface area contributed by atoms with Crippen LogP contribution in [0.2, 0.25) is 0 Å². The van der Waals surface area contributed by atoms with Gasteiger partial charge >= 0.3 is 0 Å². The Labute approximate surface area is 96.9 Å². The van der Waals surface area contributed by atoms with E-state index in [1.165, 1.54) is 5.56 Å². The Morgan fingerprint density at radius 2 is 2.19 bits per heavy atom. The molecule has 0 bridgehead atoms. The number of aliphatic hydroxyl groups is 1. The number of aliphatic hydroxyl groups excluding tert-OH is 1. The molecule has 0 amide bonds. The number of rotatable bonds is 1. The molecule has 0 saturated carbocycles. The van der Waals surface area contributed by atoms with E-state index < -0.39 is 0 Å². The quantitative estimate of drug-likeness (QED) is 0.709. The maximum Gasteiger partial charge on any atom is 0.0741 e. The van der Waals surface area contributed by atoms with Crippen molar-refractivity contribution in [2.75, 3.05) is 23.7 Å². The molecule has 16 heavy (non-hydrogen) atoms. The van der Waals surface area contributed by atoms with Crippen molar-refractivity contribution in [3.05, 3.63) is 23.8 Å². The van der Waals surface area contributed by atoms with Crippen molar-refractivity contribution in [1.82, 2.24) is 0 Å². The summed E-state index contributed by atoms with van der Waals surface area (Å²) >= 11 is 0. The minimum absolute atomic E-state index is 0.227. The standard InChI is InChI=1S/C13H20N2O/c1-9-3-4-11(14)7-12(9)15-6-5-10(2)13(16)8-15/h3-4,7,10,13,16H,5-6,8,14H2,1-2H3. The molecule has 0 aromatic heterocycles. The van der Waals surface area contributed by atoms with Crippen LogP contribution in [-0.4, -0.2) is 24.3 Å². The highest BCUT2D eigenvalue weighted by Gasteiger charge is 2.25. The molecule has 3 nitrogen and oxygen atoms in total. The normalized spacial score (nSPS) is 25.8. The summed E-state index contributed by atoms with van der Waals surface area (Å²) in [4.78, 5) is 2.23. The van der Waals surface area contributed by atoms with Crippen LogP contribution in [0.1, 0.15) is 18.9 Å². The molecule has 2 rings (SSSR count). The van der Waals surface area contributed by atoms with Crippen LogP contribution >= 0.6 is 0 Å². The van der Waals surface area contributed by atoms with E-state index in [9.17, 15) is 5.11 Å². The molecule has 1 aliphatic rings. The van der Waals surface area contributed by atoms with Gasteiger partial charge in [0.25, 0.3) is 0 Å². The first kappa shape index (κ1) is 11.3. The molecular weight excluding hydrogens is 200 g/mol. The summed E-state index contributed by atoms with van der Waals surface area (Å²) in [7, 11) is 0. The molecule has 1 saturated heterocycles. The summed E-state index contributed by atoms with van der Waals surface area (Å²) < 4.78 is 0. The molecule has 0 aliphatic carbocycles. The van der Waals surface area contributed by atoms with Crippen molar-refractivity contribution in [2.45, 2.75) is 26.4 Å². The van der Waals surface area contributed by atoms with Crippen molar-refractivity contribution in [3.8, 4) is 0 Å². The predicted octanol–water partition coefficient (Wildman–Crippen LogP) is 1.78. The Hall–Kier alpha value is -1.22. The predicted molar refractivity (Wildman–Crippen MR) is 67.6 cm³/mol. The lowest BCUT2D eigenvalue weighted by Gasteiger charge is -2.36. The van der Waals surface area contributed by atoms with Crippen molar-refractivity contribution in [2.24, 2.45) is 5.92 Å². The van der Waals surface area contributed by atoms with Crippen LogP contribution in [-0.2, 0) is 0 Å². The highest BCUT2D eigenvalue weighted by atomic mass is 16.3. The average molecular weight is 220 g/mol. The van der Waals surface area contributed by atoms with Crippen LogP contribution in [0.5, 0.6) is 0 Å². The SMILES string of the molecule is Cc1ccc(N)cc1N1CCC(C)C(O)C1. The van der Waals surface area contributed by atoms with Gasteiger partial charge in [-0.05, 0) is 37.0 Å². The van der Waals surface area contributed by atoms with Gasteiger partial charge in [-0.15, -0.1) is 0 Å². The summed E-state index contributed by atoms with van der Waals surface area (Å²) in [5.41, 5.74) is 8.97. The number of anilines is 2. The van der Waals surface area contributed by atoms with E-state index in [-0.39, 0.29) is 6.10 Å². The molecule has 0 spiro atoms. The Morgan fingerprint density at radius 1 is 1.44 bits per heavy atom. The molecule has 1 heterocycles. The number of nitrogens with zero attached hydrogens (tertiary/aromatic N) is 1. The van der Waals surface area contributed by atoms with Gasteiger partial charge in [0.15, 0.2) is 0 Å². The van der Waals surface area contributed by atoms with Crippen LogP contribution < -0.4 is 10.6 Å². The van der Waals surface area contributed by atoms with Gasteiger partial charge in [0, 0.05) is 24.5 Å². The fraction of sp³-hybridized carbons (Fsp3) is 0.538. The van der Waals surface area contributed by atoms with Gasteiger partial charge < -0.3 is 15.7 Å². The fourth-order valence-electron chi connectivity index (χ4n) is 2.23. The van der Waals surface area contributed by atoms with Gasteiger partial charge in [-0.1, -0.05) is 13.0 Å². The van der Waals surface area contributed by atoms with Gasteiger partial charge in [0.2, 0.25) is 0 Å². The maximum absolute atomic E-state index is 9.90. The van der Waals surface area contributed by atoms with E-state index in [0.29, 0.717) is 12.5 Å². The average Bonchev–Trinajstić information content (AvgIpc) is 2.26. The van der Waals surface area contributed by atoms with E-state index >= 15 is 0 Å². The molecule has 1 fully saturated rings. The molecule has 1 aliphatic heterocycles. The number of β-amino-alcohol motifs (C(OH)–C–C–N with tert-alkyl or cyclic N) is 1. The number of aryl methyl sites for hydroxylation is 1. The van der Waals surface area contributed by atoms with Gasteiger partial charge in [-0.3, -0.25) is 0 Å². The minimum atomic E-state index is -0.227.